The van der Waals surface area contributed by atoms with Crippen LogP contribution < -0.4 is 10.6 Å². The molecule has 1 heterocycles. The van der Waals surface area contributed by atoms with Crippen LogP contribution in [0.25, 0.3) is 0 Å². The Hall–Kier alpha value is -1.10. The lowest BCUT2D eigenvalue weighted by molar-refractivity contribution is -0.117. The van der Waals surface area contributed by atoms with E-state index in [0.29, 0.717) is 6.54 Å². The van der Waals surface area contributed by atoms with Gasteiger partial charge >= 0.3 is 0 Å². The molecule has 0 radical (unpaired) electrons. The van der Waals surface area contributed by atoms with Gasteiger partial charge in [0.05, 0.1) is 6.54 Å². The maximum Gasteiger partial charge on any atom is 0.238 e. The molecule has 22 heavy (non-hydrogen) atoms. The maximum atomic E-state index is 12.1. The molecule has 0 spiro atoms. The molecule has 1 saturated heterocycles. The molecule has 124 valence electrons. The third-order valence-corrected chi connectivity index (χ3v) is 4.06. The predicted octanol–water partition coefficient (Wildman–Crippen LogP) is 2.68. The van der Waals surface area contributed by atoms with Crippen molar-refractivity contribution >= 4 is 24.0 Å². The highest BCUT2D eigenvalue weighted by Gasteiger charge is 2.20. The van der Waals surface area contributed by atoms with Crippen LogP contribution in [-0.2, 0) is 4.79 Å². The molecule has 0 atom stereocenters. The van der Waals surface area contributed by atoms with Crippen LogP contribution in [0.5, 0.6) is 0 Å². The van der Waals surface area contributed by atoms with Gasteiger partial charge in [0.15, 0.2) is 0 Å². The summed E-state index contributed by atoms with van der Waals surface area (Å²) in [5, 5.41) is 6.40. The summed E-state index contributed by atoms with van der Waals surface area (Å²) in [5.74, 6) is 0.853. The number of amides is 1. The molecule has 1 fully saturated rings. The molecule has 1 amide bonds. The Morgan fingerprint density at radius 2 is 2.05 bits per heavy atom. The van der Waals surface area contributed by atoms with E-state index in [1.54, 1.807) is 0 Å². The molecule has 0 aliphatic carbocycles. The van der Waals surface area contributed by atoms with E-state index in [0.717, 1.165) is 43.3 Å². The van der Waals surface area contributed by atoms with Gasteiger partial charge in [-0.3, -0.25) is 9.69 Å². The molecule has 0 saturated carbocycles. The Morgan fingerprint density at radius 1 is 1.32 bits per heavy atom. The minimum Gasteiger partial charge on any atom is -0.325 e. The molecule has 1 aliphatic heterocycles. The average molecular weight is 326 g/mol. The van der Waals surface area contributed by atoms with Crippen LogP contribution in [0.1, 0.15) is 25.3 Å². The smallest absolute Gasteiger partial charge is 0.238 e. The van der Waals surface area contributed by atoms with E-state index in [1.165, 1.54) is 12.8 Å². The van der Waals surface area contributed by atoms with E-state index >= 15 is 0 Å². The fraction of sp³-hybridized carbons (Fsp3) is 0.588. The van der Waals surface area contributed by atoms with E-state index in [2.05, 4.69) is 22.5 Å². The number of halogens is 1. The second kappa shape index (κ2) is 9.82. The standard InChI is InChI=1S/C17H27N3O.ClH/c1-3-18-12-15-7-9-20(10-8-15)13-17(21)19-16-6-4-5-14(2)11-16;/h4-6,11,15,18H,3,7-10,12-13H2,1-2H3,(H,19,21);1H. The molecule has 2 N–H and O–H groups in total. The number of piperidine rings is 1. The first kappa shape index (κ1) is 18.9. The third kappa shape index (κ3) is 6.34. The van der Waals surface area contributed by atoms with E-state index in [4.69, 9.17) is 0 Å². The van der Waals surface area contributed by atoms with E-state index < -0.39 is 0 Å². The Balaban J connectivity index is 0.00000242. The van der Waals surface area contributed by atoms with Crippen LogP contribution in [0.2, 0.25) is 0 Å². The number of aryl methyl sites for hydroxylation is 1. The molecular weight excluding hydrogens is 298 g/mol. The minimum atomic E-state index is 0. The number of likely N-dealkylation sites (tertiary alicyclic amines) is 1. The summed E-state index contributed by atoms with van der Waals surface area (Å²) >= 11 is 0. The van der Waals surface area contributed by atoms with Crippen LogP contribution in [0.15, 0.2) is 24.3 Å². The van der Waals surface area contributed by atoms with Crippen LogP contribution in [0, 0.1) is 12.8 Å². The average Bonchev–Trinajstić information content (AvgIpc) is 2.46. The number of hydrogen-bond acceptors (Lipinski definition) is 3. The predicted molar refractivity (Wildman–Crippen MR) is 94.8 cm³/mol. The lowest BCUT2D eigenvalue weighted by atomic mass is 9.97. The lowest BCUT2D eigenvalue weighted by Crippen LogP contribution is -2.41. The quantitative estimate of drug-likeness (QED) is 0.845. The molecule has 0 unspecified atom stereocenters. The van der Waals surface area contributed by atoms with Gasteiger partial charge in [0, 0.05) is 5.69 Å². The Kier molecular flexibility index (Phi) is 8.46. The first-order valence-corrected chi connectivity index (χ1v) is 7.97. The largest absolute Gasteiger partial charge is 0.325 e. The molecule has 1 aromatic rings. The van der Waals surface area contributed by atoms with Crippen LogP contribution in [-0.4, -0.2) is 43.5 Å². The second-order valence-electron chi connectivity index (χ2n) is 5.94. The Bertz CT molecular complexity index is 459. The maximum absolute atomic E-state index is 12.1. The van der Waals surface area contributed by atoms with Gasteiger partial charge in [-0.1, -0.05) is 19.1 Å². The summed E-state index contributed by atoms with van der Waals surface area (Å²) in [6, 6.07) is 7.94. The van der Waals surface area contributed by atoms with Crippen molar-refractivity contribution in [1.29, 1.82) is 0 Å². The van der Waals surface area contributed by atoms with Gasteiger partial charge in [0.2, 0.25) is 5.91 Å². The fourth-order valence-corrected chi connectivity index (χ4v) is 2.82. The van der Waals surface area contributed by atoms with Gasteiger partial charge in [0.25, 0.3) is 0 Å². The first-order chi connectivity index (χ1) is 10.2. The molecule has 1 aliphatic rings. The molecule has 0 bridgehead atoms. The van der Waals surface area contributed by atoms with Crippen LogP contribution >= 0.6 is 12.4 Å². The zero-order valence-electron chi connectivity index (χ0n) is 13.6. The SMILES string of the molecule is CCNCC1CCN(CC(=O)Nc2cccc(C)c2)CC1.Cl. The van der Waals surface area contributed by atoms with E-state index in [9.17, 15) is 4.79 Å². The number of nitrogens with one attached hydrogen (secondary N) is 2. The number of rotatable bonds is 6. The Labute approximate surface area is 140 Å². The minimum absolute atomic E-state index is 0. The summed E-state index contributed by atoms with van der Waals surface area (Å²) in [6.45, 7) is 8.88. The molecule has 0 aromatic heterocycles. The summed E-state index contributed by atoms with van der Waals surface area (Å²) < 4.78 is 0. The number of nitrogens with zero attached hydrogens (tertiary/aromatic N) is 1. The molecular formula is C17H28ClN3O. The first-order valence-electron chi connectivity index (χ1n) is 7.97. The van der Waals surface area contributed by atoms with Gasteiger partial charge in [-0.15, -0.1) is 12.4 Å². The Morgan fingerprint density at radius 3 is 2.68 bits per heavy atom. The van der Waals surface area contributed by atoms with Crippen molar-refractivity contribution in [2.24, 2.45) is 5.92 Å². The van der Waals surface area contributed by atoms with Gasteiger partial charge < -0.3 is 10.6 Å². The molecule has 2 rings (SSSR count). The highest BCUT2D eigenvalue weighted by Crippen LogP contribution is 2.16. The van der Waals surface area contributed by atoms with Gasteiger partial charge in [-0.2, -0.15) is 0 Å². The van der Waals surface area contributed by atoms with Gasteiger partial charge in [0.1, 0.15) is 0 Å². The van der Waals surface area contributed by atoms with Crippen molar-refractivity contribution < 1.29 is 4.79 Å². The zero-order valence-corrected chi connectivity index (χ0v) is 14.4. The highest BCUT2D eigenvalue weighted by atomic mass is 35.5. The summed E-state index contributed by atoms with van der Waals surface area (Å²) in [4.78, 5) is 14.3. The molecule has 5 heteroatoms. The van der Waals surface area contributed by atoms with Crippen molar-refractivity contribution in [1.82, 2.24) is 10.2 Å². The number of carbonyl (C=O) groups is 1. The summed E-state index contributed by atoms with van der Waals surface area (Å²) in [6.07, 6.45) is 2.37. The summed E-state index contributed by atoms with van der Waals surface area (Å²) in [5.41, 5.74) is 2.05. The van der Waals surface area contributed by atoms with Crippen molar-refractivity contribution in [3.05, 3.63) is 29.8 Å². The topological polar surface area (TPSA) is 44.4 Å². The lowest BCUT2D eigenvalue weighted by Gasteiger charge is -2.31. The van der Waals surface area contributed by atoms with E-state index in [-0.39, 0.29) is 18.3 Å². The molecule has 4 nitrogen and oxygen atoms in total. The number of anilines is 1. The number of hydrogen-bond donors (Lipinski definition) is 2. The number of carbonyl (C=O) groups excluding carboxylic acids is 1. The van der Waals surface area contributed by atoms with Crippen molar-refractivity contribution in [2.45, 2.75) is 26.7 Å². The van der Waals surface area contributed by atoms with Gasteiger partial charge in [-0.25, -0.2) is 0 Å². The monoisotopic (exact) mass is 325 g/mol. The van der Waals surface area contributed by atoms with Crippen LogP contribution in [0.3, 0.4) is 0 Å². The van der Waals surface area contributed by atoms with Crippen molar-refractivity contribution in [3.63, 3.8) is 0 Å². The third-order valence-electron chi connectivity index (χ3n) is 4.06. The summed E-state index contributed by atoms with van der Waals surface area (Å²) in [7, 11) is 0. The van der Waals surface area contributed by atoms with Crippen molar-refractivity contribution in [2.75, 3.05) is 38.0 Å². The zero-order chi connectivity index (χ0) is 15.1. The molecule has 1 aromatic carbocycles. The van der Waals surface area contributed by atoms with Gasteiger partial charge in [-0.05, 0) is 69.6 Å². The second-order valence-corrected chi connectivity index (χ2v) is 5.94. The highest BCUT2D eigenvalue weighted by molar-refractivity contribution is 5.92. The van der Waals surface area contributed by atoms with Crippen LogP contribution in [0.4, 0.5) is 5.69 Å². The van der Waals surface area contributed by atoms with Crippen molar-refractivity contribution in [3.8, 4) is 0 Å². The fourth-order valence-electron chi connectivity index (χ4n) is 2.82. The van der Waals surface area contributed by atoms with E-state index in [1.807, 2.05) is 31.2 Å². The number of benzene rings is 1. The normalized spacial score (nSPS) is 16.1.